The monoisotopic (exact) mass is 536 g/mol. The average molecular weight is 537 g/mol. The van der Waals surface area contributed by atoms with Gasteiger partial charge in [0.1, 0.15) is 30.0 Å². The van der Waals surface area contributed by atoms with Gasteiger partial charge in [-0.2, -0.15) is 17.0 Å². The fraction of sp³-hybridized carbons (Fsp3) is 0.560. The molecule has 0 saturated heterocycles. The lowest BCUT2D eigenvalue weighted by Gasteiger charge is -2.33. The van der Waals surface area contributed by atoms with Crippen molar-refractivity contribution in [1.29, 1.82) is 5.26 Å². The number of rotatable bonds is 13. The fourth-order valence-corrected chi connectivity index (χ4v) is 3.73. The summed E-state index contributed by atoms with van der Waals surface area (Å²) in [6.07, 6.45) is 1.19. The van der Waals surface area contributed by atoms with Crippen LogP contribution in [0.3, 0.4) is 0 Å². The van der Waals surface area contributed by atoms with Crippen molar-refractivity contribution in [3.05, 3.63) is 29.8 Å². The van der Waals surface area contributed by atoms with Crippen LogP contribution >= 0.6 is 11.8 Å². The first-order chi connectivity index (χ1) is 17.4. The fourth-order valence-electron chi connectivity index (χ4n) is 3.26. The van der Waals surface area contributed by atoms with Crippen molar-refractivity contribution in [2.75, 3.05) is 31.7 Å². The van der Waals surface area contributed by atoms with Crippen LogP contribution < -0.4 is 10.6 Å². The number of thioether (sulfide) groups is 1. The molecule has 204 valence electrons. The Balaban J connectivity index is 3.31. The largest absolute Gasteiger partial charge is 0.508 e. The van der Waals surface area contributed by atoms with Crippen molar-refractivity contribution < 1.29 is 33.8 Å². The van der Waals surface area contributed by atoms with Gasteiger partial charge in [-0.05, 0) is 63.8 Å². The van der Waals surface area contributed by atoms with Crippen LogP contribution in [0.5, 0.6) is 5.75 Å². The van der Waals surface area contributed by atoms with E-state index >= 15 is 0 Å². The summed E-state index contributed by atoms with van der Waals surface area (Å²) < 4.78 is 10.2. The second-order valence-corrected chi connectivity index (χ2v) is 9.93. The molecule has 0 saturated carbocycles. The number of carbonyl (C=O) groups excluding carboxylic acids is 4. The molecule has 0 radical (unpaired) electrons. The molecule has 3 amide bonds. The molecule has 12 heteroatoms. The second kappa shape index (κ2) is 15.6. The van der Waals surface area contributed by atoms with E-state index in [9.17, 15) is 29.5 Å². The molecule has 1 rings (SSSR count). The Hall–Kier alpha value is -3.46. The quantitative estimate of drug-likeness (QED) is 0.254. The first-order valence-corrected chi connectivity index (χ1v) is 13.2. The maximum atomic E-state index is 13.7. The summed E-state index contributed by atoms with van der Waals surface area (Å²) in [4.78, 5) is 52.2. The van der Waals surface area contributed by atoms with Crippen LogP contribution in [0.1, 0.15) is 52.1 Å². The molecule has 1 aromatic rings. The van der Waals surface area contributed by atoms with Gasteiger partial charge in [-0.1, -0.05) is 12.1 Å². The highest BCUT2D eigenvalue weighted by atomic mass is 32.2. The van der Waals surface area contributed by atoms with E-state index in [1.807, 2.05) is 12.3 Å². The summed E-state index contributed by atoms with van der Waals surface area (Å²) in [6, 6.07) is 5.20. The van der Waals surface area contributed by atoms with Crippen molar-refractivity contribution in [3.8, 4) is 11.8 Å². The van der Waals surface area contributed by atoms with Gasteiger partial charge in [0.05, 0.1) is 19.1 Å². The third-order valence-corrected chi connectivity index (χ3v) is 5.47. The van der Waals surface area contributed by atoms with Crippen molar-refractivity contribution in [2.45, 2.75) is 58.2 Å². The van der Waals surface area contributed by atoms with E-state index < -0.39 is 48.1 Å². The smallest absolute Gasteiger partial charge is 0.408 e. The molecule has 1 aromatic carbocycles. The summed E-state index contributed by atoms with van der Waals surface area (Å²) in [5, 5.41) is 24.4. The first kappa shape index (κ1) is 31.6. The molecule has 11 nitrogen and oxygen atoms in total. The van der Waals surface area contributed by atoms with Crippen LogP contribution in [0.2, 0.25) is 0 Å². The third kappa shape index (κ3) is 11.4. The topological polar surface area (TPSA) is 158 Å². The number of hydrogen-bond acceptors (Lipinski definition) is 9. The molecule has 0 aromatic heterocycles. The van der Waals surface area contributed by atoms with Crippen LogP contribution in [0, 0.1) is 11.3 Å². The van der Waals surface area contributed by atoms with Gasteiger partial charge in [0.2, 0.25) is 11.8 Å². The number of phenolic OH excluding ortho intramolecular Hbond substituents is 1. The van der Waals surface area contributed by atoms with Crippen molar-refractivity contribution in [1.82, 2.24) is 15.5 Å². The zero-order valence-corrected chi connectivity index (χ0v) is 22.7. The highest BCUT2D eigenvalue weighted by Gasteiger charge is 2.36. The zero-order chi connectivity index (χ0) is 28.0. The lowest BCUT2D eigenvalue weighted by molar-refractivity contribution is -0.144. The molecular formula is C25H36N4O7S. The van der Waals surface area contributed by atoms with Crippen LogP contribution in [-0.4, -0.2) is 77.2 Å². The maximum Gasteiger partial charge on any atom is 0.408 e. The number of nitrogens with one attached hydrogen (secondary N) is 2. The number of nitrogens with zero attached hydrogens (tertiary/aromatic N) is 2. The molecule has 0 aliphatic rings. The molecule has 2 unspecified atom stereocenters. The van der Waals surface area contributed by atoms with E-state index in [0.29, 0.717) is 11.3 Å². The summed E-state index contributed by atoms with van der Waals surface area (Å²) in [7, 11) is 0. The molecular weight excluding hydrogens is 500 g/mol. The standard InChI is InChI=1S/C25H36N4O7S/c1-6-35-20(31)11-14-27-22(32)21(17-7-9-18(30)10-8-17)29(15-13-26)23(33)19(12-16-37-5)28-24(34)36-25(2,3)4/h7-10,19,21,30H,6,11-12,14-16H2,1-5H3,(H,27,32)(H,28,34). The minimum Gasteiger partial charge on any atom is -0.508 e. The van der Waals surface area contributed by atoms with Crippen LogP contribution in [0.4, 0.5) is 4.79 Å². The van der Waals surface area contributed by atoms with Crippen molar-refractivity contribution in [2.24, 2.45) is 0 Å². The number of hydrogen-bond donors (Lipinski definition) is 3. The van der Waals surface area contributed by atoms with Gasteiger partial charge >= 0.3 is 12.1 Å². The average Bonchev–Trinajstić information content (AvgIpc) is 2.81. The predicted octanol–water partition coefficient (Wildman–Crippen LogP) is 2.50. The highest BCUT2D eigenvalue weighted by molar-refractivity contribution is 7.98. The van der Waals surface area contributed by atoms with E-state index in [1.165, 1.54) is 36.0 Å². The Bertz CT molecular complexity index is 957. The lowest BCUT2D eigenvalue weighted by Crippen LogP contribution is -2.53. The highest BCUT2D eigenvalue weighted by Crippen LogP contribution is 2.25. The molecule has 3 N–H and O–H groups in total. The molecule has 0 bridgehead atoms. The van der Waals surface area contributed by atoms with Gasteiger partial charge in [0.25, 0.3) is 0 Å². The van der Waals surface area contributed by atoms with Crippen LogP contribution in [0.15, 0.2) is 24.3 Å². The van der Waals surface area contributed by atoms with Gasteiger partial charge in [0, 0.05) is 6.54 Å². The van der Waals surface area contributed by atoms with E-state index in [1.54, 1.807) is 27.7 Å². The number of aromatic hydroxyl groups is 1. The normalized spacial score (nSPS) is 12.4. The number of benzene rings is 1. The molecule has 0 heterocycles. The minimum absolute atomic E-state index is 0.0483. The predicted molar refractivity (Wildman–Crippen MR) is 139 cm³/mol. The second-order valence-electron chi connectivity index (χ2n) is 8.94. The number of amides is 3. The number of esters is 1. The number of carbonyl (C=O) groups is 4. The van der Waals surface area contributed by atoms with E-state index in [-0.39, 0.29) is 31.7 Å². The lowest BCUT2D eigenvalue weighted by atomic mass is 10.0. The summed E-state index contributed by atoms with van der Waals surface area (Å²) in [5.41, 5.74) is -0.465. The Morgan fingerprint density at radius 3 is 2.38 bits per heavy atom. The number of nitriles is 1. The Morgan fingerprint density at radius 1 is 1.19 bits per heavy atom. The van der Waals surface area contributed by atoms with Gasteiger partial charge < -0.3 is 30.1 Å². The maximum absolute atomic E-state index is 13.7. The molecule has 0 fully saturated rings. The van der Waals surface area contributed by atoms with E-state index in [4.69, 9.17) is 9.47 Å². The molecule has 0 aliphatic heterocycles. The summed E-state index contributed by atoms with van der Waals surface area (Å²) >= 11 is 1.46. The summed E-state index contributed by atoms with van der Waals surface area (Å²) in [6.45, 7) is 6.43. The molecule has 0 aliphatic carbocycles. The van der Waals surface area contributed by atoms with Gasteiger partial charge in [-0.25, -0.2) is 4.79 Å². The first-order valence-electron chi connectivity index (χ1n) is 11.8. The van der Waals surface area contributed by atoms with Crippen LogP contribution in [0.25, 0.3) is 0 Å². The summed E-state index contributed by atoms with van der Waals surface area (Å²) in [5.74, 6) is -1.32. The van der Waals surface area contributed by atoms with Gasteiger partial charge in [-0.15, -0.1) is 0 Å². The van der Waals surface area contributed by atoms with E-state index in [2.05, 4.69) is 10.6 Å². The molecule has 37 heavy (non-hydrogen) atoms. The van der Waals surface area contributed by atoms with Crippen molar-refractivity contribution in [3.63, 3.8) is 0 Å². The van der Waals surface area contributed by atoms with E-state index in [0.717, 1.165) is 4.90 Å². The zero-order valence-electron chi connectivity index (χ0n) is 21.9. The third-order valence-electron chi connectivity index (χ3n) is 4.83. The number of phenols is 1. The van der Waals surface area contributed by atoms with Crippen LogP contribution in [-0.2, 0) is 23.9 Å². The SMILES string of the molecule is CCOC(=O)CCNC(=O)C(c1ccc(O)cc1)N(CC#N)C(=O)C(CCSC)NC(=O)OC(C)(C)C. The Morgan fingerprint density at radius 2 is 1.84 bits per heavy atom. The Labute approximate surface area is 221 Å². The molecule has 2 atom stereocenters. The minimum atomic E-state index is -1.27. The van der Waals surface area contributed by atoms with Crippen molar-refractivity contribution >= 4 is 35.6 Å². The number of ether oxygens (including phenoxy) is 2. The Kier molecular flexibility index (Phi) is 13.3. The van der Waals surface area contributed by atoms with Gasteiger partial charge in [-0.3, -0.25) is 14.4 Å². The van der Waals surface area contributed by atoms with Gasteiger partial charge in [0.15, 0.2) is 0 Å². The number of alkyl carbamates (subject to hydrolysis) is 1. The molecule has 0 spiro atoms.